The number of benzene rings is 1. The first-order valence-electron chi connectivity index (χ1n) is 5.51. The van der Waals surface area contributed by atoms with Crippen molar-refractivity contribution in [2.24, 2.45) is 0 Å². The van der Waals surface area contributed by atoms with Crippen molar-refractivity contribution < 1.29 is 8.42 Å². The summed E-state index contributed by atoms with van der Waals surface area (Å²) >= 11 is 0. The Morgan fingerprint density at radius 2 is 1.88 bits per heavy atom. The molecule has 0 amide bonds. The van der Waals surface area contributed by atoms with E-state index in [1.165, 1.54) is 0 Å². The number of rotatable bonds is 6. The third-order valence-corrected chi connectivity index (χ3v) is 4.36. The third-order valence-electron chi connectivity index (χ3n) is 2.49. The van der Waals surface area contributed by atoms with E-state index in [0.717, 1.165) is 5.56 Å². The van der Waals surface area contributed by atoms with E-state index in [-0.39, 0.29) is 17.5 Å². The molecule has 0 aliphatic heterocycles. The van der Waals surface area contributed by atoms with Gasteiger partial charge in [-0.05, 0) is 19.0 Å². The van der Waals surface area contributed by atoms with Crippen LogP contribution in [0.2, 0.25) is 0 Å². The number of hydrogen-bond donors (Lipinski definition) is 1. The summed E-state index contributed by atoms with van der Waals surface area (Å²) < 4.78 is 23.5. The Balaban J connectivity index is 2.78. The molecule has 16 heavy (non-hydrogen) atoms. The molecule has 90 valence electrons. The molecule has 0 aliphatic carbocycles. The molecule has 0 aliphatic rings. The van der Waals surface area contributed by atoms with Crippen LogP contribution in [-0.4, -0.2) is 27.0 Å². The van der Waals surface area contributed by atoms with Crippen molar-refractivity contribution in [3.63, 3.8) is 0 Å². The second-order valence-corrected chi connectivity index (χ2v) is 6.10. The van der Waals surface area contributed by atoms with Gasteiger partial charge in [0.05, 0.1) is 5.75 Å². The lowest BCUT2D eigenvalue weighted by atomic mass is 10.1. The molecule has 1 unspecified atom stereocenters. The molecule has 1 rings (SSSR count). The maximum absolute atomic E-state index is 11.7. The van der Waals surface area contributed by atoms with Crippen LogP contribution in [0.25, 0.3) is 0 Å². The van der Waals surface area contributed by atoms with Gasteiger partial charge in [0.15, 0.2) is 9.84 Å². The summed E-state index contributed by atoms with van der Waals surface area (Å²) in [5.74, 6) is 0.430. The molecule has 0 fully saturated rings. The second kappa shape index (κ2) is 6.01. The number of hydrogen-bond acceptors (Lipinski definition) is 3. The van der Waals surface area contributed by atoms with Crippen LogP contribution >= 0.6 is 0 Å². The van der Waals surface area contributed by atoms with Gasteiger partial charge in [0, 0.05) is 11.8 Å². The van der Waals surface area contributed by atoms with E-state index in [4.69, 9.17) is 0 Å². The van der Waals surface area contributed by atoms with E-state index in [1.807, 2.05) is 37.3 Å². The Morgan fingerprint density at radius 1 is 1.25 bits per heavy atom. The normalized spacial score (nSPS) is 13.6. The quantitative estimate of drug-likeness (QED) is 0.825. The monoisotopic (exact) mass is 241 g/mol. The fraction of sp³-hybridized carbons (Fsp3) is 0.500. The van der Waals surface area contributed by atoms with Gasteiger partial charge in [0.2, 0.25) is 0 Å². The topological polar surface area (TPSA) is 46.2 Å². The summed E-state index contributed by atoms with van der Waals surface area (Å²) in [5, 5.41) is 3.05. The highest BCUT2D eigenvalue weighted by Crippen LogP contribution is 2.14. The van der Waals surface area contributed by atoms with Gasteiger partial charge in [-0.3, -0.25) is 0 Å². The summed E-state index contributed by atoms with van der Waals surface area (Å²) in [5.41, 5.74) is 1.02. The Morgan fingerprint density at radius 3 is 2.38 bits per heavy atom. The van der Waals surface area contributed by atoms with Gasteiger partial charge in [0.25, 0.3) is 0 Å². The van der Waals surface area contributed by atoms with Crippen molar-refractivity contribution >= 4 is 9.84 Å². The highest BCUT2D eigenvalue weighted by molar-refractivity contribution is 7.91. The molecule has 1 atom stereocenters. The minimum absolute atomic E-state index is 0.113. The van der Waals surface area contributed by atoms with Gasteiger partial charge in [-0.15, -0.1) is 0 Å². The molecule has 1 aromatic rings. The predicted molar refractivity (Wildman–Crippen MR) is 67.2 cm³/mol. The third kappa shape index (κ3) is 3.94. The number of sulfone groups is 1. The van der Waals surface area contributed by atoms with Gasteiger partial charge in [-0.25, -0.2) is 8.42 Å². The van der Waals surface area contributed by atoms with Crippen LogP contribution in [0.1, 0.15) is 24.9 Å². The van der Waals surface area contributed by atoms with Crippen molar-refractivity contribution in [2.75, 3.05) is 18.6 Å². The maximum atomic E-state index is 11.7. The molecule has 0 saturated carbocycles. The van der Waals surface area contributed by atoms with Gasteiger partial charge in [-0.1, -0.05) is 37.3 Å². The Bertz CT molecular complexity index is 400. The lowest BCUT2D eigenvalue weighted by molar-refractivity contribution is 0.573. The van der Waals surface area contributed by atoms with E-state index >= 15 is 0 Å². The average molecular weight is 241 g/mol. The molecule has 0 radical (unpaired) electrons. The molecule has 0 heterocycles. The number of nitrogens with one attached hydrogen (secondary N) is 1. The summed E-state index contributed by atoms with van der Waals surface area (Å²) in [6.45, 7) is 1.88. The fourth-order valence-corrected chi connectivity index (χ4v) is 3.34. The van der Waals surface area contributed by atoms with E-state index < -0.39 is 9.84 Å². The first kappa shape index (κ1) is 13.2. The predicted octanol–water partition coefficient (Wildman–Crippen LogP) is 1.77. The zero-order chi connectivity index (χ0) is 12.0. The van der Waals surface area contributed by atoms with Crippen LogP contribution < -0.4 is 5.32 Å². The standard InChI is InChI=1S/C12H19NO2S/c1-3-9-16(14,15)10-12(13-2)11-7-5-4-6-8-11/h4-8,12-13H,3,9-10H2,1-2H3. The van der Waals surface area contributed by atoms with Crippen LogP contribution in [-0.2, 0) is 9.84 Å². The van der Waals surface area contributed by atoms with Crippen molar-refractivity contribution in [3.05, 3.63) is 35.9 Å². The Labute approximate surface area is 97.8 Å². The largest absolute Gasteiger partial charge is 0.312 e. The van der Waals surface area contributed by atoms with Gasteiger partial charge in [0.1, 0.15) is 0 Å². The summed E-state index contributed by atoms with van der Waals surface area (Å²) in [6.07, 6.45) is 0.674. The average Bonchev–Trinajstić information content (AvgIpc) is 2.27. The molecule has 1 aromatic carbocycles. The van der Waals surface area contributed by atoms with E-state index in [1.54, 1.807) is 7.05 Å². The van der Waals surface area contributed by atoms with Crippen molar-refractivity contribution in [1.29, 1.82) is 0 Å². The molecular weight excluding hydrogens is 222 g/mol. The zero-order valence-electron chi connectivity index (χ0n) is 9.81. The van der Waals surface area contributed by atoms with Gasteiger partial charge >= 0.3 is 0 Å². The first-order chi connectivity index (χ1) is 7.59. The van der Waals surface area contributed by atoms with Crippen LogP contribution in [0.15, 0.2) is 30.3 Å². The SMILES string of the molecule is CCCS(=O)(=O)CC(NC)c1ccccc1. The first-order valence-corrected chi connectivity index (χ1v) is 7.34. The van der Waals surface area contributed by atoms with Crippen molar-refractivity contribution in [1.82, 2.24) is 5.32 Å². The highest BCUT2D eigenvalue weighted by atomic mass is 32.2. The molecule has 3 nitrogen and oxygen atoms in total. The van der Waals surface area contributed by atoms with Crippen LogP contribution in [0.5, 0.6) is 0 Å². The molecular formula is C12H19NO2S. The van der Waals surface area contributed by atoms with Crippen molar-refractivity contribution in [2.45, 2.75) is 19.4 Å². The molecule has 0 spiro atoms. The summed E-state index contributed by atoms with van der Waals surface area (Å²) in [7, 11) is -1.16. The van der Waals surface area contributed by atoms with Gasteiger partial charge < -0.3 is 5.32 Å². The van der Waals surface area contributed by atoms with E-state index in [0.29, 0.717) is 6.42 Å². The molecule has 0 aromatic heterocycles. The Hall–Kier alpha value is -0.870. The van der Waals surface area contributed by atoms with Crippen molar-refractivity contribution in [3.8, 4) is 0 Å². The van der Waals surface area contributed by atoms with E-state index in [9.17, 15) is 8.42 Å². The molecule has 4 heteroatoms. The molecule has 0 saturated heterocycles. The minimum Gasteiger partial charge on any atom is -0.312 e. The Kier molecular flexibility index (Phi) is 4.96. The second-order valence-electron chi connectivity index (χ2n) is 3.87. The van der Waals surface area contributed by atoms with Crippen LogP contribution in [0, 0.1) is 0 Å². The minimum atomic E-state index is -2.95. The maximum Gasteiger partial charge on any atom is 0.152 e. The van der Waals surface area contributed by atoms with Crippen LogP contribution in [0.4, 0.5) is 0 Å². The molecule has 1 N–H and O–H groups in total. The summed E-state index contributed by atoms with van der Waals surface area (Å²) in [4.78, 5) is 0. The lowest BCUT2D eigenvalue weighted by Gasteiger charge is -2.16. The molecule has 0 bridgehead atoms. The lowest BCUT2D eigenvalue weighted by Crippen LogP contribution is -2.26. The zero-order valence-corrected chi connectivity index (χ0v) is 10.6. The fourth-order valence-electron chi connectivity index (χ4n) is 1.68. The smallest absolute Gasteiger partial charge is 0.152 e. The summed E-state index contributed by atoms with van der Waals surface area (Å²) in [6, 6.07) is 9.55. The van der Waals surface area contributed by atoms with Gasteiger partial charge in [-0.2, -0.15) is 0 Å². The highest BCUT2D eigenvalue weighted by Gasteiger charge is 2.18. The van der Waals surface area contributed by atoms with Crippen LogP contribution in [0.3, 0.4) is 0 Å². The van der Waals surface area contributed by atoms with E-state index in [2.05, 4.69) is 5.32 Å².